The van der Waals surface area contributed by atoms with Gasteiger partial charge in [0.05, 0.1) is 6.42 Å². The number of H-pyrrole nitrogens is 1. The molecule has 1 aliphatic heterocycles. The molecule has 4 rings (SSSR count). The van der Waals surface area contributed by atoms with Crippen LogP contribution >= 0.6 is 0 Å². The number of nitrogens with zero attached hydrogens (tertiary/aromatic N) is 1. The van der Waals surface area contributed by atoms with Crippen LogP contribution in [0.15, 0.2) is 30.5 Å². The Labute approximate surface area is 166 Å². The van der Waals surface area contributed by atoms with Crippen molar-refractivity contribution in [2.24, 2.45) is 5.92 Å². The maximum atomic E-state index is 12.8. The largest absolute Gasteiger partial charge is 0.361 e. The van der Waals surface area contributed by atoms with E-state index in [1.165, 1.54) is 25.7 Å². The third-order valence-corrected chi connectivity index (χ3v) is 6.44. The van der Waals surface area contributed by atoms with Crippen LogP contribution in [-0.2, 0) is 16.0 Å². The summed E-state index contributed by atoms with van der Waals surface area (Å²) in [5.74, 6) is 0.420. The SMILES string of the molecule is O=C(NC1CCCCCC1)C1CCN(C(=O)Cc2c[nH]c3ccccc23)CC1. The van der Waals surface area contributed by atoms with Crippen LogP contribution in [-0.4, -0.2) is 40.8 Å². The van der Waals surface area contributed by atoms with E-state index in [0.29, 0.717) is 25.6 Å². The van der Waals surface area contributed by atoms with E-state index in [2.05, 4.69) is 16.4 Å². The number of aromatic amines is 1. The Morgan fingerprint density at radius 3 is 2.46 bits per heavy atom. The quantitative estimate of drug-likeness (QED) is 0.792. The predicted octanol–water partition coefficient (Wildman–Crippen LogP) is 3.79. The average Bonchev–Trinajstić information content (AvgIpc) is 2.94. The number of carbonyl (C=O) groups excluding carboxylic acids is 2. The number of hydrogen-bond acceptors (Lipinski definition) is 2. The zero-order valence-corrected chi connectivity index (χ0v) is 16.6. The first-order valence-corrected chi connectivity index (χ1v) is 10.8. The van der Waals surface area contributed by atoms with Crippen molar-refractivity contribution < 1.29 is 9.59 Å². The van der Waals surface area contributed by atoms with E-state index < -0.39 is 0 Å². The van der Waals surface area contributed by atoms with Crippen molar-refractivity contribution in [1.82, 2.24) is 15.2 Å². The fourth-order valence-corrected chi connectivity index (χ4v) is 4.69. The van der Waals surface area contributed by atoms with Gasteiger partial charge in [-0.25, -0.2) is 0 Å². The van der Waals surface area contributed by atoms with Crippen LogP contribution in [0.2, 0.25) is 0 Å². The molecule has 2 fully saturated rings. The average molecular weight is 382 g/mol. The molecule has 2 heterocycles. The van der Waals surface area contributed by atoms with E-state index in [9.17, 15) is 9.59 Å². The summed E-state index contributed by atoms with van der Waals surface area (Å²) in [5.41, 5.74) is 2.12. The molecule has 1 saturated heterocycles. The Morgan fingerprint density at radius 1 is 1.00 bits per heavy atom. The van der Waals surface area contributed by atoms with Crippen molar-refractivity contribution in [2.45, 2.75) is 63.8 Å². The van der Waals surface area contributed by atoms with E-state index in [1.807, 2.05) is 29.3 Å². The molecule has 2 aromatic rings. The molecule has 1 saturated carbocycles. The van der Waals surface area contributed by atoms with Crippen LogP contribution in [0.5, 0.6) is 0 Å². The molecule has 1 aromatic heterocycles. The van der Waals surface area contributed by atoms with E-state index in [-0.39, 0.29) is 17.7 Å². The molecule has 1 aromatic carbocycles. The van der Waals surface area contributed by atoms with Crippen LogP contribution in [0.3, 0.4) is 0 Å². The van der Waals surface area contributed by atoms with Crippen molar-refractivity contribution in [1.29, 1.82) is 0 Å². The molecule has 1 aliphatic carbocycles. The van der Waals surface area contributed by atoms with Crippen molar-refractivity contribution >= 4 is 22.7 Å². The summed E-state index contributed by atoms with van der Waals surface area (Å²) in [6.45, 7) is 1.37. The lowest BCUT2D eigenvalue weighted by Gasteiger charge is -2.32. The first-order valence-electron chi connectivity index (χ1n) is 10.8. The molecule has 2 aliphatic rings. The van der Waals surface area contributed by atoms with Crippen LogP contribution in [0.4, 0.5) is 0 Å². The van der Waals surface area contributed by atoms with Gasteiger partial charge in [-0.1, -0.05) is 43.9 Å². The molecule has 2 amide bonds. The highest BCUT2D eigenvalue weighted by Crippen LogP contribution is 2.23. The Hall–Kier alpha value is -2.30. The van der Waals surface area contributed by atoms with E-state index in [0.717, 1.165) is 42.1 Å². The van der Waals surface area contributed by atoms with Crippen LogP contribution < -0.4 is 5.32 Å². The molecule has 2 N–H and O–H groups in total. The van der Waals surface area contributed by atoms with Gasteiger partial charge in [-0.3, -0.25) is 9.59 Å². The number of nitrogens with one attached hydrogen (secondary N) is 2. The Bertz CT molecular complexity index is 812. The van der Waals surface area contributed by atoms with E-state index in [4.69, 9.17) is 0 Å². The number of para-hydroxylation sites is 1. The van der Waals surface area contributed by atoms with Crippen molar-refractivity contribution in [2.75, 3.05) is 13.1 Å². The number of rotatable bonds is 4. The smallest absolute Gasteiger partial charge is 0.227 e. The maximum Gasteiger partial charge on any atom is 0.227 e. The van der Waals surface area contributed by atoms with Gasteiger partial charge in [0.25, 0.3) is 0 Å². The van der Waals surface area contributed by atoms with Gasteiger partial charge in [0.1, 0.15) is 0 Å². The second-order valence-electron chi connectivity index (χ2n) is 8.39. The number of hydrogen-bond donors (Lipinski definition) is 2. The minimum absolute atomic E-state index is 0.0559. The number of likely N-dealkylation sites (tertiary alicyclic amines) is 1. The monoisotopic (exact) mass is 381 g/mol. The summed E-state index contributed by atoms with van der Waals surface area (Å²) in [4.78, 5) is 30.6. The number of piperidine rings is 1. The maximum absolute atomic E-state index is 12.8. The summed E-state index contributed by atoms with van der Waals surface area (Å²) in [6.07, 6.45) is 11.2. The first-order chi connectivity index (χ1) is 13.7. The molecular weight excluding hydrogens is 350 g/mol. The molecule has 0 radical (unpaired) electrons. The third kappa shape index (κ3) is 4.40. The van der Waals surface area contributed by atoms with Gasteiger partial charge in [-0.15, -0.1) is 0 Å². The zero-order chi connectivity index (χ0) is 19.3. The number of aromatic nitrogens is 1. The highest BCUT2D eigenvalue weighted by molar-refractivity contribution is 5.89. The zero-order valence-electron chi connectivity index (χ0n) is 16.6. The normalized spacial score (nSPS) is 19.5. The molecule has 0 spiro atoms. The van der Waals surface area contributed by atoms with Gasteiger partial charge in [0.2, 0.25) is 11.8 Å². The summed E-state index contributed by atoms with van der Waals surface area (Å²) in [7, 11) is 0. The van der Waals surface area contributed by atoms with Crippen LogP contribution in [0.25, 0.3) is 10.9 Å². The second-order valence-corrected chi connectivity index (χ2v) is 8.39. The van der Waals surface area contributed by atoms with E-state index >= 15 is 0 Å². The number of fused-ring (bicyclic) bond motifs is 1. The van der Waals surface area contributed by atoms with Crippen molar-refractivity contribution in [3.8, 4) is 0 Å². The Kier molecular flexibility index (Phi) is 5.98. The minimum atomic E-state index is 0.0559. The fraction of sp³-hybridized carbons (Fsp3) is 0.565. The second kappa shape index (κ2) is 8.80. The van der Waals surface area contributed by atoms with Crippen LogP contribution in [0.1, 0.15) is 56.9 Å². The molecule has 28 heavy (non-hydrogen) atoms. The summed E-state index contributed by atoms with van der Waals surface area (Å²) >= 11 is 0. The Morgan fingerprint density at radius 2 is 1.71 bits per heavy atom. The molecule has 150 valence electrons. The minimum Gasteiger partial charge on any atom is -0.361 e. The van der Waals surface area contributed by atoms with Crippen LogP contribution in [0, 0.1) is 5.92 Å². The topological polar surface area (TPSA) is 65.2 Å². The molecule has 5 nitrogen and oxygen atoms in total. The fourth-order valence-electron chi connectivity index (χ4n) is 4.69. The summed E-state index contributed by atoms with van der Waals surface area (Å²) in [6, 6.07) is 8.44. The predicted molar refractivity (Wildman–Crippen MR) is 111 cm³/mol. The summed E-state index contributed by atoms with van der Waals surface area (Å²) in [5, 5.41) is 4.40. The molecule has 5 heteroatoms. The van der Waals surface area contributed by atoms with Crippen molar-refractivity contribution in [3.63, 3.8) is 0 Å². The van der Waals surface area contributed by atoms with Gasteiger partial charge in [0, 0.05) is 42.1 Å². The lowest BCUT2D eigenvalue weighted by molar-refractivity contribution is -0.135. The van der Waals surface area contributed by atoms with Gasteiger partial charge >= 0.3 is 0 Å². The van der Waals surface area contributed by atoms with Gasteiger partial charge in [-0.2, -0.15) is 0 Å². The molecule has 0 atom stereocenters. The molecule has 0 bridgehead atoms. The van der Waals surface area contributed by atoms with Crippen molar-refractivity contribution in [3.05, 3.63) is 36.0 Å². The molecule has 0 unspecified atom stereocenters. The highest BCUT2D eigenvalue weighted by Gasteiger charge is 2.28. The number of benzene rings is 1. The lowest BCUT2D eigenvalue weighted by Crippen LogP contribution is -2.45. The molecular formula is C23H31N3O2. The highest BCUT2D eigenvalue weighted by atomic mass is 16.2. The number of amides is 2. The van der Waals surface area contributed by atoms with E-state index in [1.54, 1.807) is 0 Å². The third-order valence-electron chi connectivity index (χ3n) is 6.44. The van der Waals surface area contributed by atoms with Gasteiger partial charge in [-0.05, 0) is 37.3 Å². The number of carbonyl (C=O) groups is 2. The van der Waals surface area contributed by atoms with Gasteiger partial charge in [0.15, 0.2) is 0 Å². The first kappa shape index (κ1) is 19.0. The lowest BCUT2D eigenvalue weighted by atomic mass is 9.94. The Balaban J connectivity index is 1.27. The summed E-state index contributed by atoms with van der Waals surface area (Å²) < 4.78 is 0. The standard InChI is InChI=1S/C23H31N3O2/c27-22(15-18-16-24-21-10-6-5-9-20(18)21)26-13-11-17(12-14-26)23(28)25-19-7-3-1-2-4-8-19/h5-6,9-10,16-17,19,24H,1-4,7-8,11-15H2,(H,25,28). The van der Waals surface area contributed by atoms with Gasteiger partial charge < -0.3 is 15.2 Å².